The van der Waals surface area contributed by atoms with Crippen LogP contribution in [0.25, 0.3) is 6.08 Å². The van der Waals surface area contributed by atoms with Gasteiger partial charge in [-0.1, -0.05) is 31.0 Å². The van der Waals surface area contributed by atoms with Gasteiger partial charge in [-0.15, -0.1) is 0 Å². The molecule has 0 bridgehead atoms. The molecule has 152 valence electrons. The molecule has 1 fully saturated rings. The van der Waals surface area contributed by atoms with E-state index in [9.17, 15) is 9.59 Å². The molecule has 1 N–H and O–H groups in total. The lowest BCUT2D eigenvalue weighted by Crippen LogP contribution is -2.38. The van der Waals surface area contributed by atoms with Crippen molar-refractivity contribution in [3.63, 3.8) is 0 Å². The van der Waals surface area contributed by atoms with Crippen molar-refractivity contribution in [2.24, 2.45) is 5.92 Å². The van der Waals surface area contributed by atoms with Crippen LogP contribution in [0.5, 0.6) is 0 Å². The first kappa shape index (κ1) is 20.7. The molecule has 0 radical (unpaired) electrons. The van der Waals surface area contributed by atoms with Crippen molar-refractivity contribution in [3.8, 4) is 0 Å². The van der Waals surface area contributed by atoms with Crippen LogP contribution in [-0.2, 0) is 4.79 Å². The molecule has 29 heavy (non-hydrogen) atoms. The average Bonchev–Trinajstić information content (AvgIpc) is 2.79. The average molecular weight is 393 g/mol. The van der Waals surface area contributed by atoms with Crippen molar-refractivity contribution < 1.29 is 9.59 Å². The summed E-state index contributed by atoms with van der Waals surface area (Å²) in [6.07, 6.45) is 13.3. The molecule has 1 aliphatic heterocycles. The normalized spacial score (nSPS) is 14.8. The number of nitrogens with zero attached hydrogens (tertiary/aromatic N) is 3. The Morgan fingerprint density at radius 3 is 2.62 bits per heavy atom. The molecule has 2 amide bonds. The van der Waals surface area contributed by atoms with Crippen LogP contribution >= 0.6 is 0 Å². The fraction of sp³-hybridized carbons (Fsp3) is 0.391. The summed E-state index contributed by atoms with van der Waals surface area (Å²) in [5.41, 5.74) is 1.44. The number of hydrogen-bond acceptors (Lipinski definition) is 4. The summed E-state index contributed by atoms with van der Waals surface area (Å²) >= 11 is 0. The van der Waals surface area contributed by atoms with E-state index in [-0.39, 0.29) is 11.8 Å². The lowest BCUT2D eigenvalue weighted by molar-refractivity contribution is -0.116. The number of likely N-dealkylation sites (tertiary alicyclic amines) is 1. The molecule has 3 rings (SSSR count). The molecule has 1 aromatic heterocycles. The molecule has 1 aliphatic rings. The van der Waals surface area contributed by atoms with Crippen LogP contribution in [0.3, 0.4) is 0 Å². The molecule has 2 heterocycles. The van der Waals surface area contributed by atoms with E-state index in [1.807, 2.05) is 35.2 Å². The number of carbonyl (C=O) groups excluding carboxylic acids is 2. The molecular weight excluding hydrogens is 364 g/mol. The quantitative estimate of drug-likeness (QED) is 0.552. The molecule has 0 saturated carbocycles. The van der Waals surface area contributed by atoms with Gasteiger partial charge in [0.05, 0.1) is 11.9 Å². The fourth-order valence-corrected chi connectivity index (χ4v) is 3.57. The molecule has 0 aliphatic carbocycles. The third-order valence-corrected chi connectivity index (χ3v) is 5.25. The molecule has 0 atom stereocenters. The Hall–Kier alpha value is -3.02. The van der Waals surface area contributed by atoms with Gasteiger partial charge >= 0.3 is 0 Å². The molecule has 1 aromatic carbocycles. The number of unbranched alkanes of at least 4 members (excludes halogenated alkanes) is 1. The zero-order chi connectivity index (χ0) is 20.3. The van der Waals surface area contributed by atoms with Gasteiger partial charge in [0, 0.05) is 43.7 Å². The Bertz CT molecular complexity index is 800. The van der Waals surface area contributed by atoms with Crippen LogP contribution in [0.1, 0.15) is 48.2 Å². The van der Waals surface area contributed by atoms with E-state index in [4.69, 9.17) is 0 Å². The van der Waals surface area contributed by atoms with Crippen molar-refractivity contribution in [2.75, 3.05) is 19.6 Å². The maximum Gasteiger partial charge on any atom is 0.253 e. The van der Waals surface area contributed by atoms with E-state index in [2.05, 4.69) is 15.3 Å². The molecule has 2 aromatic rings. The molecule has 0 unspecified atom stereocenters. The van der Waals surface area contributed by atoms with Gasteiger partial charge in [0.15, 0.2) is 0 Å². The van der Waals surface area contributed by atoms with Crippen molar-refractivity contribution in [3.05, 3.63) is 66.3 Å². The number of aromatic nitrogens is 2. The Kier molecular flexibility index (Phi) is 7.92. The van der Waals surface area contributed by atoms with Gasteiger partial charge in [-0.25, -0.2) is 0 Å². The monoisotopic (exact) mass is 392 g/mol. The largest absolute Gasteiger partial charge is 0.353 e. The van der Waals surface area contributed by atoms with Gasteiger partial charge in [-0.05, 0) is 43.4 Å². The predicted molar refractivity (Wildman–Crippen MR) is 113 cm³/mol. The zero-order valence-electron chi connectivity index (χ0n) is 16.7. The first-order valence-electron chi connectivity index (χ1n) is 10.3. The number of rotatable bonds is 8. The van der Waals surface area contributed by atoms with Gasteiger partial charge in [-0.3, -0.25) is 19.6 Å². The van der Waals surface area contributed by atoms with Gasteiger partial charge in [-0.2, -0.15) is 0 Å². The van der Waals surface area contributed by atoms with Gasteiger partial charge in [0.1, 0.15) is 0 Å². The molecule has 1 saturated heterocycles. The number of amides is 2. The third-order valence-electron chi connectivity index (χ3n) is 5.25. The molecule has 0 spiro atoms. The Labute approximate surface area is 172 Å². The van der Waals surface area contributed by atoms with E-state index in [1.54, 1.807) is 24.7 Å². The molecule has 6 nitrogen and oxygen atoms in total. The number of benzene rings is 1. The lowest BCUT2D eigenvalue weighted by atomic mass is 9.91. The van der Waals surface area contributed by atoms with Crippen molar-refractivity contribution >= 4 is 17.9 Å². The Morgan fingerprint density at radius 1 is 1.10 bits per heavy atom. The highest BCUT2D eigenvalue weighted by Crippen LogP contribution is 2.23. The van der Waals surface area contributed by atoms with E-state index in [1.165, 1.54) is 6.08 Å². The number of piperidine rings is 1. The summed E-state index contributed by atoms with van der Waals surface area (Å²) in [5.74, 6) is 0.701. The highest BCUT2D eigenvalue weighted by Gasteiger charge is 2.23. The maximum absolute atomic E-state index is 12.5. The molecule has 6 heteroatoms. The topological polar surface area (TPSA) is 75.2 Å². The smallest absolute Gasteiger partial charge is 0.253 e. The SMILES string of the molecule is O=C(/C=C/c1cnccn1)NCCCCC1CCN(C(=O)c2ccccc2)CC1. The number of nitrogens with one attached hydrogen (secondary N) is 1. The molecular formula is C23H28N4O2. The summed E-state index contributed by atoms with van der Waals surface area (Å²) in [4.78, 5) is 34.3. The van der Waals surface area contributed by atoms with Crippen LogP contribution in [0.2, 0.25) is 0 Å². The second kappa shape index (κ2) is 11.1. The number of hydrogen-bond donors (Lipinski definition) is 1. The van der Waals surface area contributed by atoms with E-state index >= 15 is 0 Å². The van der Waals surface area contributed by atoms with Crippen LogP contribution < -0.4 is 5.32 Å². The minimum absolute atomic E-state index is 0.108. The Morgan fingerprint density at radius 2 is 1.90 bits per heavy atom. The second-order valence-corrected chi connectivity index (χ2v) is 7.35. The van der Waals surface area contributed by atoms with Gasteiger partial charge in [0.25, 0.3) is 5.91 Å². The first-order chi connectivity index (χ1) is 14.2. The summed E-state index contributed by atoms with van der Waals surface area (Å²) in [6.45, 7) is 2.35. The van der Waals surface area contributed by atoms with Gasteiger partial charge < -0.3 is 10.2 Å². The van der Waals surface area contributed by atoms with Crippen LogP contribution in [0.15, 0.2) is 55.0 Å². The fourth-order valence-electron chi connectivity index (χ4n) is 3.57. The summed E-state index contributed by atoms with van der Waals surface area (Å²) in [5, 5.41) is 2.90. The van der Waals surface area contributed by atoms with Crippen molar-refractivity contribution in [1.29, 1.82) is 0 Å². The minimum atomic E-state index is -0.108. The van der Waals surface area contributed by atoms with Crippen LogP contribution in [0.4, 0.5) is 0 Å². The van der Waals surface area contributed by atoms with Crippen molar-refractivity contribution in [1.82, 2.24) is 20.2 Å². The second-order valence-electron chi connectivity index (χ2n) is 7.35. The first-order valence-corrected chi connectivity index (χ1v) is 10.3. The number of carbonyl (C=O) groups is 2. The summed E-state index contributed by atoms with van der Waals surface area (Å²) < 4.78 is 0. The highest BCUT2D eigenvalue weighted by atomic mass is 16.2. The maximum atomic E-state index is 12.5. The lowest BCUT2D eigenvalue weighted by Gasteiger charge is -2.32. The minimum Gasteiger partial charge on any atom is -0.353 e. The van der Waals surface area contributed by atoms with Gasteiger partial charge in [0.2, 0.25) is 5.91 Å². The summed E-state index contributed by atoms with van der Waals surface area (Å²) in [6, 6.07) is 9.50. The van der Waals surface area contributed by atoms with E-state index < -0.39 is 0 Å². The Balaban J connectivity index is 1.27. The third kappa shape index (κ3) is 6.82. The highest BCUT2D eigenvalue weighted by molar-refractivity contribution is 5.94. The standard InChI is InChI=1S/C23H28N4O2/c28-22(10-9-21-18-24-14-15-25-21)26-13-5-4-6-19-11-16-27(17-12-19)23(29)20-7-2-1-3-8-20/h1-3,7-10,14-15,18-19H,4-6,11-13,16-17H2,(H,26,28)/b10-9+. The van der Waals surface area contributed by atoms with Crippen LogP contribution in [0, 0.1) is 5.92 Å². The zero-order valence-corrected chi connectivity index (χ0v) is 16.7. The van der Waals surface area contributed by atoms with E-state index in [0.29, 0.717) is 18.2 Å². The summed E-state index contributed by atoms with van der Waals surface area (Å²) in [7, 11) is 0. The van der Waals surface area contributed by atoms with Crippen molar-refractivity contribution in [2.45, 2.75) is 32.1 Å². The van der Waals surface area contributed by atoms with E-state index in [0.717, 1.165) is 50.8 Å². The predicted octanol–water partition coefficient (Wildman–Crippen LogP) is 3.33. The van der Waals surface area contributed by atoms with Crippen LogP contribution in [-0.4, -0.2) is 46.3 Å².